The number of benzene rings is 1. The topological polar surface area (TPSA) is 42.2 Å². The third-order valence-electron chi connectivity index (χ3n) is 4.37. The van der Waals surface area contributed by atoms with E-state index in [1.807, 2.05) is 5.51 Å². The van der Waals surface area contributed by atoms with E-state index < -0.39 is 0 Å². The summed E-state index contributed by atoms with van der Waals surface area (Å²) < 4.78 is 0. The van der Waals surface area contributed by atoms with Crippen LogP contribution < -0.4 is 5.73 Å². The van der Waals surface area contributed by atoms with Gasteiger partial charge in [0.15, 0.2) is 0 Å². The molecule has 2 aromatic rings. The summed E-state index contributed by atoms with van der Waals surface area (Å²) in [6.45, 7) is 3.64. The van der Waals surface area contributed by atoms with Crippen molar-refractivity contribution in [3.63, 3.8) is 0 Å². The fraction of sp³-hybridized carbons (Fsp3) is 0.471. The zero-order valence-corrected chi connectivity index (χ0v) is 13.6. The maximum Gasteiger partial charge on any atom is 0.0798 e. The molecular formula is C17H23N3S. The van der Waals surface area contributed by atoms with Crippen molar-refractivity contribution in [2.24, 2.45) is 5.73 Å². The molecule has 0 radical (unpaired) electrons. The van der Waals surface area contributed by atoms with E-state index in [2.05, 4.69) is 48.1 Å². The third-order valence-corrected chi connectivity index (χ3v) is 5.29. The molecule has 0 bridgehead atoms. The van der Waals surface area contributed by atoms with Gasteiger partial charge in [0.25, 0.3) is 0 Å². The minimum Gasteiger partial charge on any atom is -0.329 e. The largest absolute Gasteiger partial charge is 0.329 e. The fourth-order valence-electron chi connectivity index (χ4n) is 2.94. The third kappa shape index (κ3) is 3.18. The highest BCUT2D eigenvalue weighted by atomic mass is 32.1. The first-order valence-electron chi connectivity index (χ1n) is 7.58. The first-order chi connectivity index (χ1) is 10.2. The fourth-order valence-corrected chi connectivity index (χ4v) is 3.78. The average Bonchev–Trinajstić information content (AvgIpc) is 3.25. The van der Waals surface area contributed by atoms with Crippen molar-refractivity contribution < 1.29 is 0 Å². The molecule has 1 aliphatic carbocycles. The Morgan fingerprint density at radius 2 is 2.14 bits per heavy atom. The van der Waals surface area contributed by atoms with Gasteiger partial charge >= 0.3 is 0 Å². The van der Waals surface area contributed by atoms with Gasteiger partial charge in [-0.15, -0.1) is 11.3 Å². The maximum atomic E-state index is 6.11. The summed E-state index contributed by atoms with van der Waals surface area (Å²) >= 11 is 1.73. The van der Waals surface area contributed by atoms with E-state index in [0.717, 1.165) is 18.2 Å². The van der Waals surface area contributed by atoms with Crippen molar-refractivity contribution in [3.8, 4) is 0 Å². The number of nitrogens with two attached hydrogens (primary N) is 1. The molecule has 0 amide bonds. The lowest BCUT2D eigenvalue weighted by atomic mass is 9.96. The van der Waals surface area contributed by atoms with Crippen LogP contribution in [0.1, 0.15) is 46.5 Å². The minimum atomic E-state index is 0.281. The van der Waals surface area contributed by atoms with Crippen LogP contribution in [0.2, 0.25) is 0 Å². The molecule has 4 heteroatoms. The molecule has 0 saturated heterocycles. The molecule has 1 heterocycles. The second-order valence-electron chi connectivity index (χ2n) is 5.93. The zero-order chi connectivity index (χ0) is 14.8. The summed E-state index contributed by atoms with van der Waals surface area (Å²) in [5, 5.41) is 0. The lowest BCUT2D eigenvalue weighted by molar-refractivity contribution is 0.242. The number of likely N-dealkylation sites (N-methyl/N-ethyl adjacent to an activating group) is 1. The highest BCUT2D eigenvalue weighted by Gasteiger charge is 2.29. The molecule has 1 unspecified atom stereocenters. The van der Waals surface area contributed by atoms with Crippen LogP contribution in [0.15, 0.2) is 29.8 Å². The van der Waals surface area contributed by atoms with Gasteiger partial charge in [-0.3, -0.25) is 4.90 Å². The highest BCUT2D eigenvalue weighted by molar-refractivity contribution is 7.09. The number of thiazole rings is 1. The van der Waals surface area contributed by atoms with Crippen molar-refractivity contribution >= 4 is 11.3 Å². The number of nitrogens with zero attached hydrogens (tertiary/aromatic N) is 2. The van der Waals surface area contributed by atoms with Crippen molar-refractivity contribution in [3.05, 3.63) is 51.5 Å². The van der Waals surface area contributed by atoms with Crippen molar-refractivity contribution in [2.75, 3.05) is 13.6 Å². The van der Waals surface area contributed by atoms with Crippen LogP contribution in [0.3, 0.4) is 0 Å². The van der Waals surface area contributed by atoms with Crippen molar-refractivity contribution in [1.29, 1.82) is 0 Å². The monoisotopic (exact) mass is 301 g/mol. The zero-order valence-electron chi connectivity index (χ0n) is 12.7. The van der Waals surface area contributed by atoms with Gasteiger partial charge in [0.2, 0.25) is 0 Å². The lowest BCUT2D eigenvalue weighted by Gasteiger charge is -2.29. The van der Waals surface area contributed by atoms with Crippen LogP contribution in [-0.4, -0.2) is 23.5 Å². The molecule has 1 saturated carbocycles. The van der Waals surface area contributed by atoms with Gasteiger partial charge < -0.3 is 5.73 Å². The summed E-state index contributed by atoms with van der Waals surface area (Å²) in [7, 11) is 2.17. The first-order valence-corrected chi connectivity index (χ1v) is 8.46. The Morgan fingerprint density at radius 1 is 1.38 bits per heavy atom. The van der Waals surface area contributed by atoms with Gasteiger partial charge in [-0.2, -0.15) is 0 Å². The van der Waals surface area contributed by atoms with Gasteiger partial charge in [-0.1, -0.05) is 24.3 Å². The molecule has 1 aromatic heterocycles. The van der Waals surface area contributed by atoms with Crippen LogP contribution in [0.4, 0.5) is 0 Å². The molecule has 1 fully saturated rings. The molecule has 21 heavy (non-hydrogen) atoms. The summed E-state index contributed by atoms with van der Waals surface area (Å²) in [6.07, 6.45) is 2.65. The average molecular weight is 301 g/mol. The number of aryl methyl sites for hydroxylation is 1. The number of rotatable bonds is 6. The predicted octanol–water partition coefficient (Wildman–Crippen LogP) is 3.46. The van der Waals surface area contributed by atoms with Crippen LogP contribution in [-0.2, 0) is 6.54 Å². The smallest absolute Gasteiger partial charge is 0.0798 e. The quantitative estimate of drug-likeness (QED) is 0.888. The van der Waals surface area contributed by atoms with E-state index in [0.29, 0.717) is 6.54 Å². The second-order valence-corrected chi connectivity index (χ2v) is 6.87. The van der Waals surface area contributed by atoms with Crippen LogP contribution in [0, 0.1) is 6.92 Å². The van der Waals surface area contributed by atoms with Crippen LogP contribution >= 0.6 is 11.3 Å². The molecule has 3 rings (SSSR count). The number of hydrogen-bond acceptors (Lipinski definition) is 4. The standard InChI is InChI=1S/C17H23N3S/c1-12-17(21-11-19-12)10-20(2)16(9-18)15-6-4-3-5-14(15)13-7-8-13/h3-6,11,13,16H,7-10,18H2,1-2H3. The Balaban J connectivity index is 1.82. The Morgan fingerprint density at radius 3 is 2.76 bits per heavy atom. The van der Waals surface area contributed by atoms with Crippen LogP contribution in [0.5, 0.6) is 0 Å². The molecule has 1 atom stereocenters. The second kappa shape index (κ2) is 6.26. The molecule has 2 N–H and O–H groups in total. The molecule has 112 valence electrons. The Hall–Kier alpha value is -1.23. The number of hydrogen-bond donors (Lipinski definition) is 1. The first kappa shape index (κ1) is 14.7. The van der Waals surface area contributed by atoms with E-state index in [1.54, 1.807) is 11.3 Å². The van der Waals surface area contributed by atoms with E-state index in [9.17, 15) is 0 Å². The Kier molecular flexibility index (Phi) is 4.38. The van der Waals surface area contributed by atoms with E-state index in [-0.39, 0.29) is 6.04 Å². The molecule has 3 nitrogen and oxygen atoms in total. The predicted molar refractivity (Wildman–Crippen MR) is 88.5 cm³/mol. The Labute approximate surface area is 130 Å². The molecule has 0 aliphatic heterocycles. The molecular weight excluding hydrogens is 278 g/mol. The van der Waals surface area contributed by atoms with Gasteiger partial charge in [-0.25, -0.2) is 4.98 Å². The van der Waals surface area contributed by atoms with Crippen LogP contribution in [0.25, 0.3) is 0 Å². The van der Waals surface area contributed by atoms with Gasteiger partial charge in [0.1, 0.15) is 0 Å². The van der Waals surface area contributed by atoms with Gasteiger partial charge in [0, 0.05) is 24.0 Å². The molecule has 0 spiro atoms. The van der Waals surface area contributed by atoms with E-state index >= 15 is 0 Å². The van der Waals surface area contributed by atoms with Gasteiger partial charge in [0.05, 0.1) is 11.2 Å². The summed E-state index contributed by atoms with van der Waals surface area (Å²) in [5.41, 5.74) is 12.1. The molecule has 1 aromatic carbocycles. The summed E-state index contributed by atoms with van der Waals surface area (Å²) in [6, 6.07) is 9.10. The maximum absolute atomic E-state index is 6.11. The highest BCUT2D eigenvalue weighted by Crippen LogP contribution is 2.43. The molecule has 1 aliphatic rings. The van der Waals surface area contributed by atoms with Crippen molar-refractivity contribution in [1.82, 2.24) is 9.88 Å². The summed E-state index contributed by atoms with van der Waals surface area (Å²) in [4.78, 5) is 8.04. The normalized spacial score (nSPS) is 16.4. The van der Waals surface area contributed by atoms with E-state index in [4.69, 9.17) is 5.73 Å². The Bertz CT molecular complexity index is 604. The SMILES string of the molecule is Cc1ncsc1CN(C)C(CN)c1ccccc1C1CC1. The van der Waals surface area contributed by atoms with E-state index in [1.165, 1.54) is 28.8 Å². The number of aromatic nitrogens is 1. The lowest BCUT2D eigenvalue weighted by Crippen LogP contribution is -2.30. The van der Waals surface area contributed by atoms with Gasteiger partial charge in [-0.05, 0) is 43.9 Å². The summed E-state index contributed by atoms with van der Waals surface area (Å²) in [5.74, 6) is 0.758. The minimum absolute atomic E-state index is 0.281. The van der Waals surface area contributed by atoms with Crippen molar-refractivity contribution in [2.45, 2.75) is 38.3 Å².